The summed E-state index contributed by atoms with van der Waals surface area (Å²) in [4.78, 5) is 24.4. The van der Waals surface area contributed by atoms with Crippen molar-refractivity contribution in [2.45, 2.75) is 52.1 Å². The molecule has 0 saturated carbocycles. The number of benzene rings is 2. The second-order valence-electron chi connectivity index (χ2n) is 7.29. The van der Waals surface area contributed by atoms with Crippen LogP contribution in [0.4, 0.5) is 0 Å². The monoisotopic (exact) mass is 393 g/mol. The van der Waals surface area contributed by atoms with E-state index in [2.05, 4.69) is 24.3 Å². The second-order valence-corrected chi connectivity index (χ2v) is 7.29. The van der Waals surface area contributed by atoms with Gasteiger partial charge in [-0.3, -0.25) is 14.3 Å². The SMILES string of the molecule is CCC(CC)n1ncc(C(=O)N[C@@H](CC(=O)O)c2ccc3ccccc3c2)c1C. The second kappa shape index (κ2) is 8.90. The maximum Gasteiger partial charge on any atom is 0.305 e. The molecule has 152 valence electrons. The number of carbonyl (C=O) groups excluding carboxylic acids is 1. The molecular weight excluding hydrogens is 366 g/mol. The van der Waals surface area contributed by atoms with Gasteiger partial charge in [-0.25, -0.2) is 0 Å². The van der Waals surface area contributed by atoms with Crippen LogP contribution in [0.5, 0.6) is 0 Å². The Morgan fingerprint density at radius 3 is 2.45 bits per heavy atom. The van der Waals surface area contributed by atoms with E-state index in [1.165, 1.54) is 0 Å². The quantitative estimate of drug-likeness (QED) is 0.583. The van der Waals surface area contributed by atoms with Gasteiger partial charge in [0, 0.05) is 5.69 Å². The van der Waals surface area contributed by atoms with E-state index < -0.39 is 12.0 Å². The summed E-state index contributed by atoms with van der Waals surface area (Å²) >= 11 is 0. The Morgan fingerprint density at radius 2 is 1.79 bits per heavy atom. The number of rotatable bonds is 8. The minimum Gasteiger partial charge on any atom is -0.481 e. The zero-order valence-corrected chi connectivity index (χ0v) is 17.1. The maximum atomic E-state index is 12.9. The third kappa shape index (κ3) is 4.47. The summed E-state index contributed by atoms with van der Waals surface area (Å²) in [5.74, 6) is -1.27. The Morgan fingerprint density at radius 1 is 1.10 bits per heavy atom. The molecule has 0 saturated heterocycles. The van der Waals surface area contributed by atoms with Crippen LogP contribution in [-0.2, 0) is 4.79 Å². The third-order valence-corrected chi connectivity index (χ3v) is 5.44. The summed E-state index contributed by atoms with van der Waals surface area (Å²) in [6.07, 6.45) is 3.24. The van der Waals surface area contributed by atoms with Crippen LogP contribution in [0.3, 0.4) is 0 Å². The number of aliphatic carboxylic acids is 1. The molecule has 1 atom stereocenters. The van der Waals surface area contributed by atoms with Crippen LogP contribution in [0.2, 0.25) is 0 Å². The van der Waals surface area contributed by atoms with Crippen LogP contribution >= 0.6 is 0 Å². The summed E-state index contributed by atoms with van der Waals surface area (Å²) in [5.41, 5.74) is 2.04. The summed E-state index contributed by atoms with van der Waals surface area (Å²) in [5, 5.41) is 18.7. The van der Waals surface area contributed by atoms with Gasteiger partial charge in [0.05, 0.1) is 30.3 Å². The fraction of sp³-hybridized carbons (Fsp3) is 0.348. The number of fused-ring (bicyclic) bond motifs is 1. The van der Waals surface area contributed by atoms with Gasteiger partial charge in [0.25, 0.3) is 5.91 Å². The van der Waals surface area contributed by atoms with Gasteiger partial charge in [0.2, 0.25) is 0 Å². The average Bonchev–Trinajstić information content (AvgIpc) is 3.09. The van der Waals surface area contributed by atoms with Crippen LogP contribution < -0.4 is 5.32 Å². The average molecular weight is 393 g/mol. The van der Waals surface area contributed by atoms with Crippen molar-refractivity contribution in [3.8, 4) is 0 Å². The fourth-order valence-corrected chi connectivity index (χ4v) is 3.74. The van der Waals surface area contributed by atoms with Crippen molar-refractivity contribution in [2.75, 3.05) is 0 Å². The first-order valence-electron chi connectivity index (χ1n) is 10.00. The Hall–Kier alpha value is -3.15. The first kappa shape index (κ1) is 20.6. The number of hydrogen-bond acceptors (Lipinski definition) is 3. The molecule has 0 radical (unpaired) electrons. The van der Waals surface area contributed by atoms with E-state index >= 15 is 0 Å². The van der Waals surface area contributed by atoms with Gasteiger partial charge in [-0.1, -0.05) is 50.2 Å². The Balaban J connectivity index is 1.88. The number of nitrogens with zero attached hydrogens (tertiary/aromatic N) is 2. The van der Waals surface area contributed by atoms with Gasteiger partial charge in [0.15, 0.2) is 0 Å². The molecule has 6 nitrogen and oxygen atoms in total. The maximum absolute atomic E-state index is 12.9. The molecule has 3 rings (SSSR count). The molecule has 6 heteroatoms. The van der Waals surface area contributed by atoms with Crippen LogP contribution in [0, 0.1) is 6.92 Å². The van der Waals surface area contributed by atoms with Gasteiger partial charge >= 0.3 is 5.97 Å². The van der Waals surface area contributed by atoms with E-state index in [1.807, 2.05) is 54.1 Å². The van der Waals surface area contributed by atoms with E-state index in [9.17, 15) is 14.7 Å². The summed E-state index contributed by atoms with van der Waals surface area (Å²) in [6.45, 7) is 6.07. The normalized spacial score (nSPS) is 12.3. The van der Waals surface area contributed by atoms with Crippen LogP contribution in [0.15, 0.2) is 48.7 Å². The molecule has 1 amide bonds. The highest BCUT2D eigenvalue weighted by Crippen LogP contribution is 2.24. The van der Waals surface area contributed by atoms with Crippen molar-refractivity contribution in [1.29, 1.82) is 0 Å². The molecular formula is C23H27N3O3. The molecule has 1 heterocycles. The van der Waals surface area contributed by atoms with Gasteiger partial charge in [-0.15, -0.1) is 0 Å². The topological polar surface area (TPSA) is 84.2 Å². The van der Waals surface area contributed by atoms with Gasteiger partial charge in [-0.2, -0.15) is 5.10 Å². The highest BCUT2D eigenvalue weighted by Gasteiger charge is 2.23. The van der Waals surface area contributed by atoms with Crippen molar-refractivity contribution in [1.82, 2.24) is 15.1 Å². The highest BCUT2D eigenvalue weighted by molar-refractivity contribution is 5.95. The van der Waals surface area contributed by atoms with E-state index in [1.54, 1.807) is 6.20 Å². The van der Waals surface area contributed by atoms with Crippen LogP contribution in [0.1, 0.15) is 66.8 Å². The molecule has 0 aliphatic rings. The zero-order chi connectivity index (χ0) is 21.0. The highest BCUT2D eigenvalue weighted by atomic mass is 16.4. The molecule has 1 aromatic heterocycles. The molecule has 29 heavy (non-hydrogen) atoms. The number of carboxylic acids is 1. The van der Waals surface area contributed by atoms with E-state index in [0.717, 1.165) is 34.9 Å². The van der Waals surface area contributed by atoms with Crippen molar-refractivity contribution in [3.63, 3.8) is 0 Å². The van der Waals surface area contributed by atoms with Crippen molar-refractivity contribution in [2.24, 2.45) is 0 Å². The number of aromatic nitrogens is 2. The van der Waals surface area contributed by atoms with Gasteiger partial charge in [0.1, 0.15) is 0 Å². The minimum atomic E-state index is -0.965. The van der Waals surface area contributed by atoms with E-state index in [-0.39, 0.29) is 18.4 Å². The summed E-state index contributed by atoms with van der Waals surface area (Å²) < 4.78 is 1.89. The molecule has 0 aliphatic heterocycles. The number of carbonyl (C=O) groups is 2. The first-order valence-corrected chi connectivity index (χ1v) is 10.00. The summed E-state index contributed by atoms with van der Waals surface area (Å²) in [6, 6.07) is 13.2. The van der Waals surface area contributed by atoms with Crippen molar-refractivity contribution in [3.05, 3.63) is 65.5 Å². The Kier molecular flexibility index (Phi) is 6.32. The Labute approximate surface area is 170 Å². The first-order chi connectivity index (χ1) is 13.9. The third-order valence-electron chi connectivity index (χ3n) is 5.44. The molecule has 0 bridgehead atoms. The number of amides is 1. The molecule has 0 unspecified atom stereocenters. The smallest absolute Gasteiger partial charge is 0.305 e. The lowest BCUT2D eigenvalue weighted by atomic mass is 9.99. The van der Waals surface area contributed by atoms with Gasteiger partial charge in [-0.05, 0) is 42.2 Å². The predicted octanol–water partition coefficient (Wildman–Crippen LogP) is 4.65. The Bertz CT molecular complexity index is 1020. The van der Waals surface area contributed by atoms with E-state index in [4.69, 9.17) is 0 Å². The van der Waals surface area contributed by atoms with Crippen LogP contribution in [0.25, 0.3) is 10.8 Å². The van der Waals surface area contributed by atoms with Crippen LogP contribution in [-0.4, -0.2) is 26.8 Å². The number of hydrogen-bond donors (Lipinski definition) is 2. The van der Waals surface area contributed by atoms with Crippen molar-refractivity contribution < 1.29 is 14.7 Å². The number of nitrogens with one attached hydrogen (secondary N) is 1. The minimum absolute atomic E-state index is 0.191. The van der Waals surface area contributed by atoms with E-state index in [0.29, 0.717) is 5.56 Å². The zero-order valence-electron chi connectivity index (χ0n) is 17.1. The lowest BCUT2D eigenvalue weighted by molar-refractivity contribution is -0.137. The molecule has 2 aromatic carbocycles. The molecule has 3 aromatic rings. The standard InChI is InChI=1S/C23H27N3O3/c1-4-19(5-2)26-15(3)20(14-24-26)23(29)25-21(13-22(27)28)18-11-10-16-8-6-7-9-17(16)12-18/h6-12,14,19,21H,4-5,13H2,1-3H3,(H,25,29)(H,27,28)/t21-/m0/s1. The molecule has 0 fully saturated rings. The molecule has 2 N–H and O–H groups in total. The fourth-order valence-electron chi connectivity index (χ4n) is 3.74. The molecule has 0 spiro atoms. The number of carboxylic acid groups (broad SMARTS) is 1. The lowest BCUT2D eigenvalue weighted by Gasteiger charge is -2.19. The van der Waals surface area contributed by atoms with Crippen molar-refractivity contribution >= 4 is 22.6 Å². The lowest BCUT2D eigenvalue weighted by Crippen LogP contribution is -2.30. The molecule has 0 aliphatic carbocycles. The predicted molar refractivity (Wildman–Crippen MR) is 113 cm³/mol. The summed E-state index contributed by atoms with van der Waals surface area (Å²) in [7, 11) is 0. The largest absolute Gasteiger partial charge is 0.481 e. The van der Waals surface area contributed by atoms with Gasteiger partial charge < -0.3 is 10.4 Å².